The number of fused-ring (bicyclic) bond motifs is 1. The second kappa shape index (κ2) is 6.88. The van der Waals surface area contributed by atoms with Crippen LogP contribution in [0.4, 0.5) is 5.69 Å². The Hall–Kier alpha value is -2.54. The molecule has 144 valence electrons. The Bertz CT molecular complexity index is 964. The molecule has 0 saturated carbocycles. The molecule has 7 heteroatoms. The minimum atomic E-state index is -3.73. The molecule has 0 bridgehead atoms. The molecular weight excluding hydrogens is 364 g/mol. The van der Waals surface area contributed by atoms with Crippen LogP contribution in [-0.2, 0) is 16.4 Å². The lowest BCUT2D eigenvalue weighted by atomic mass is 9.94. The summed E-state index contributed by atoms with van der Waals surface area (Å²) in [5.74, 6) is 0.596. The summed E-state index contributed by atoms with van der Waals surface area (Å²) in [5.41, 5.74) is 1.55. The second-order valence-corrected chi connectivity index (χ2v) is 9.20. The quantitative estimate of drug-likeness (QED) is 0.872. The number of carbonyl (C=O) groups is 1. The minimum Gasteiger partial charge on any atom is -0.488 e. The Kier molecular flexibility index (Phi) is 4.90. The van der Waals surface area contributed by atoms with Crippen molar-refractivity contribution in [1.82, 2.24) is 4.90 Å². The van der Waals surface area contributed by atoms with Gasteiger partial charge in [0.25, 0.3) is 15.9 Å². The van der Waals surface area contributed by atoms with Gasteiger partial charge in [0.15, 0.2) is 0 Å². The smallest absolute Gasteiger partial charge is 0.261 e. The van der Waals surface area contributed by atoms with Crippen molar-refractivity contribution in [3.05, 3.63) is 53.6 Å². The van der Waals surface area contributed by atoms with Gasteiger partial charge in [0.05, 0.1) is 4.90 Å². The predicted molar refractivity (Wildman–Crippen MR) is 105 cm³/mol. The molecule has 0 spiro atoms. The molecule has 0 unspecified atom stereocenters. The molecule has 1 amide bonds. The molecule has 27 heavy (non-hydrogen) atoms. The van der Waals surface area contributed by atoms with Gasteiger partial charge < -0.3 is 9.64 Å². The van der Waals surface area contributed by atoms with Crippen LogP contribution in [0, 0.1) is 0 Å². The summed E-state index contributed by atoms with van der Waals surface area (Å²) in [6, 6.07) is 11.3. The summed E-state index contributed by atoms with van der Waals surface area (Å²) in [6.07, 6.45) is 1.60. The van der Waals surface area contributed by atoms with E-state index in [1.165, 1.54) is 4.90 Å². The zero-order chi connectivity index (χ0) is 19.8. The molecule has 0 aromatic heterocycles. The molecule has 6 nitrogen and oxygen atoms in total. The molecule has 2 aromatic rings. The van der Waals surface area contributed by atoms with E-state index in [4.69, 9.17) is 4.74 Å². The zero-order valence-corrected chi connectivity index (χ0v) is 16.8. The third-order valence-electron chi connectivity index (χ3n) is 4.52. The van der Waals surface area contributed by atoms with Crippen LogP contribution in [0.1, 0.15) is 36.2 Å². The van der Waals surface area contributed by atoms with Crippen LogP contribution < -0.4 is 9.46 Å². The number of nitrogens with zero attached hydrogens (tertiary/aromatic N) is 1. The maximum absolute atomic E-state index is 12.7. The summed E-state index contributed by atoms with van der Waals surface area (Å²) in [4.78, 5) is 13.6. The van der Waals surface area contributed by atoms with E-state index in [9.17, 15) is 13.2 Å². The van der Waals surface area contributed by atoms with Gasteiger partial charge in [-0.15, -0.1) is 0 Å². The molecule has 0 radical (unpaired) electrons. The average Bonchev–Trinajstić information content (AvgIpc) is 2.60. The number of anilines is 1. The van der Waals surface area contributed by atoms with Gasteiger partial charge in [0, 0.05) is 25.3 Å². The van der Waals surface area contributed by atoms with Gasteiger partial charge in [0.1, 0.15) is 11.4 Å². The van der Waals surface area contributed by atoms with Crippen molar-refractivity contribution in [2.24, 2.45) is 0 Å². The van der Waals surface area contributed by atoms with Crippen molar-refractivity contribution < 1.29 is 17.9 Å². The first-order valence-corrected chi connectivity index (χ1v) is 10.2. The van der Waals surface area contributed by atoms with Crippen LogP contribution in [0.25, 0.3) is 0 Å². The SMILES string of the molecule is CN(C)C(=O)c1ccc(NS(=O)(=O)c2ccc3c(c2)CCC(C)(C)O3)cc1. The summed E-state index contributed by atoms with van der Waals surface area (Å²) < 4.78 is 33.9. The fourth-order valence-corrected chi connectivity index (χ4v) is 4.06. The Labute approximate surface area is 160 Å². The van der Waals surface area contributed by atoms with Gasteiger partial charge in [-0.05, 0) is 74.7 Å². The fourth-order valence-electron chi connectivity index (χ4n) is 2.96. The highest BCUT2D eigenvalue weighted by molar-refractivity contribution is 7.92. The summed E-state index contributed by atoms with van der Waals surface area (Å²) in [5, 5.41) is 0. The van der Waals surface area contributed by atoms with Crippen molar-refractivity contribution in [3.63, 3.8) is 0 Å². The fraction of sp³-hybridized carbons (Fsp3) is 0.350. The molecular formula is C20H24N2O4S. The van der Waals surface area contributed by atoms with Crippen LogP contribution in [-0.4, -0.2) is 38.9 Å². The van der Waals surface area contributed by atoms with Gasteiger partial charge in [-0.25, -0.2) is 8.42 Å². The summed E-state index contributed by atoms with van der Waals surface area (Å²) in [7, 11) is -0.393. The molecule has 1 heterocycles. The van der Waals surface area contributed by atoms with Crippen molar-refractivity contribution in [1.29, 1.82) is 0 Å². The van der Waals surface area contributed by atoms with E-state index >= 15 is 0 Å². The van der Waals surface area contributed by atoms with Crippen LogP contribution in [0.15, 0.2) is 47.4 Å². The Morgan fingerprint density at radius 1 is 1.11 bits per heavy atom. The molecule has 0 fully saturated rings. The molecule has 3 rings (SSSR count). The number of sulfonamides is 1. The molecule has 2 aromatic carbocycles. The summed E-state index contributed by atoms with van der Waals surface area (Å²) in [6.45, 7) is 4.04. The van der Waals surface area contributed by atoms with E-state index in [1.807, 2.05) is 13.8 Å². The van der Waals surface area contributed by atoms with Crippen molar-refractivity contribution in [2.75, 3.05) is 18.8 Å². The van der Waals surface area contributed by atoms with E-state index in [0.29, 0.717) is 11.3 Å². The number of benzene rings is 2. The van der Waals surface area contributed by atoms with Gasteiger partial charge in [-0.2, -0.15) is 0 Å². The van der Waals surface area contributed by atoms with E-state index < -0.39 is 10.0 Å². The van der Waals surface area contributed by atoms with Crippen molar-refractivity contribution in [2.45, 2.75) is 37.2 Å². The lowest BCUT2D eigenvalue weighted by Gasteiger charge is -2.32. The van der Waals surface area contributed by atoms with Gasteiger partial charge in [0.2, 0.25) is 0 Å². The number of ether oxygens (including phenoxy) is 1. The summed E-state index contributed by atoms with van der Waals surface area (Å²) >= 11 is 0. The molecule has 0 atom stereocenters. The highest BCUT2D eigenvalue weighted by atomic mass is 32.2. The number of amides is 1. The third-order valence-corrected chi connectivity index (χ3v) is 5.89. The van der Waals surface area contributed by atoms with Gasteiger partial charge in [-0.1, -0.05) is 0 Å². The molecule has 1 aliphatic rings. The predicted octanol–water partition coefficient (Wildman–Crippen LogP) is 3.29. The van der Waals surface area contributed by atoms with E-state index in [2.05, 4.69) is 4.72 Å². The first-order valence-electron chi connectivity index (χ1n) is 8.74. The van der Waals surface area contributed by atoms with Gasteiger partial charge >= 0.3 is 0 Å². The van der Waals surface area contributed by atoms with Crippen molar-refractivity contribution in [3.8, 4) is 5.75 Å². The lowest BCUT2D eigenvalue weighted by molar-refractivity contribution is 0.0826. The first kappa shape index (κ1) is 19.2. The first-order chi connectivity index (χ1) is 12.6. The Morgan fingerprint density at radius 3 is 2.41 bits per heavy atom. The van der Waals surface area contributed by atoms with Gasteiger partial charge in [-0.3, -0.25) is 9.52 Å². The molecule has 0 aliphatic carbocycles. The van der Waals surface area contributed by atoms with Crippen LogP contribution >= 0.6 is 0 Å². The molecule has 0 saturated heterocycles. The largest absolute Gasteiger partial charge is 0.488 e. The number of aryl methyl sites for hydroxylation is 1. The molecule has 1 aliphatic heterocycles. The monoisotopic (exact) mass is 388 g/mol. The van der Waals surface area contributed by atoms with E-state index in [1.54, 1.807) is 56.6 Å². The third kappa shape index (κ3) is 4.24. The maximum atomic E-state index is 12.7. The average molecular weight is 388 g/mol. The molecule has 1 N–H and O–H groups in total. The number of hydrogen-bond acceptors (Lipinski definition) is 4. The normalized spacial score (nSPS) is 15.4. The lowest BCUT2D eigenvalue weighted by Crippen LogP contribution is -2.32. The minimum absolute atomic E-state index is 0.137. The Balaban J connectivity index is 1.80. The highest BCUT2D eigenvalue weighted by Crippen LogP contribution is 2.34. The van der Waals surface area contributed by atoms with Crippen LogP contribution in [0.5, 0.6) is 5.75 Å². The maximum Gasteiger partial charge on any atom is 0.261 e. The number of nitrogens with one attached hydrogen (secondary N) is 1. The van der Waals surface area contributed by atoms with Crippen LogP contribution in [0.3, 0.4) is 0 Å². The van der Waals surface area contributed by atoms with Crippen molar-refractivity contribution >= 4 is 21.6 Å². The topological polar surface area (TPSA) is 75.7 Å². The number of rotatable bonds is 4. The highest BCUT2D eigenvalue weighted by Gasteiger charge is 2.27. The number of hydrogen-bond donors (Lipinski definition) is 1. The Morgan fingerprint density at radius 2 is 1.78 bits per heavy atom. The van der Waals surface area contributed by atoms with Crippen LogP contribution in [0.2, 0.25) is 0 Å². The zero-order valence-electron chi connectivity index (χ0n) is 15.9. The standard InChI is InChI=1S/C20H24N2O4S/c1-20(2)12-11-15-13-17(9-10-18(15)26-20)27(24,25)21-16-7-5-14(6-8-16)19(23)22(3)4/h5-10,13,21H,11-12H2,1-4H3. The second-order valence-electron chi connectivity index (χ2n) is 7.51. The van der Waals surface area contributed by atoms with E-state index in [-0.39, 0.29) is 16.4 Å². The van der Waals surface area contributed by atoms with E-state index in [0.717, 1.165) is 24.2 Å². The number of carbonyl (C=O) groups excluding carboxylic acids is 1.